The van der Waals surface area contributed by atoms with Crippen molar-refractivity contribution in [2.24, 2.45) is 11.7 Å². The second kappa shape index (κ2) is 20.5. The van der Waals surface area contributed by atoms with Crippen LogP contribution in [0.5, 0.6) is 11.5 Å². The maximum absolute atomic E-state index is 12.5. The van der Waals surface area contributed by atoms with Crippen LogP contribution in [-0.2, 0) is 35.0 Å². The highest BCUT2D eigenvalue weighted by molar-refractivity contribution is 5.76. The summed E-state index contributed by atoms with van der Waals surface area (Å²) in [5.41, 5.74) is 6.56. The minimum Gasteiger partial charge on any atom is -0.461 e. The van der Waals surface area contributed by atoms with Gasteiger partial charge in [0.2, 0.25) is 0 Å². The molecule has 1 unspecified atom stereocenters. The number of rotatable bonds is 19. The van der Waals surface area contributed by atoms with E-state index in [0.29, 0.717) is 24.8 Å². The van der Waals surface area contributed by atoms with Crippen LogP contribution in [0.3, 0.4) is 0 Å². The van der Waals surface area contributed by atoms with E-state index >= 15 is 0 Å². The molecule has 41 heavy (non-hydrogen) atoms. The average Bonchev–Trinajstić information content (AvgIpc) is 2.93. The number of nitrogens with two attached hydrogens (primary N) is 1. The minimum absolute atomic E-state index is 0.0324. The van der Waals surface area contributed by atoms with Crippen LogP contribution in [0.25, 0.3) is 0 Å². The highest BCUT2D eigenvalue weighted by Gasteiger charge is 2.21. The lowest BCUT2D eigenvalue weighted by molar-refractivity contribution is -0.159. The molecule has 1 rings (SSSR count). The molecule has 0 aliphatic carbocycles. The van der Waals surface area contributed by atoms with Crippen LogP contribution in [0.15, 0.2) is 18.2 Å². The van der Waals surface area contributed by atoms with Gasteiger partial charge in [-0.2, -0.15) is 0 Å². The first-order valence-electron chi connectivity index (χ1n) is 14.5. The van der Waals surface area contributed by atoms with Gasteiger partial charge >= 0.3 is 24.2 Å². The highest BCUT2D eigenvalue weighted by atomic mass is 16.7. The summed E-state index contributed by atoms with van der Waals surface area (Å²) < 4.78 is 31.2. The zero-order chi connectivity index (χ0) is 30.6. The van der Waals surface area contributed by atoms with Crippen LogP contribution in [0.4, 0.5) is 9.59 Å². The molecule has 232 valence electrons. The van der Waals surface area contributed by atoms with Crippen LogP contribution in [0, 0.1) is 5.92 Å². The summed E-state index contributed by atoms with van der Waals surface area (Å²) in [6.45, 7) is 9.89. The molecule has 0 bridgehead atoms. The standard InChI is InChI=1S/C30H47NO10/c1-6-9-11-15-36-29(34)40-25-14-13-23(19-26(25)41-30(35)37-16-12-10-7-2)18-24(31)28(33)38-20-22(5)39-27(32)17-21(4)8-3/h13-14,19,21-22,24H,6-12,15-18,20,31H2,1-5H3/t21?,22-,24-/m0/s1. The van der Waals surface area contributed by atoms with Crippen LogP contribution in [0.2, 0.25) is 0 Å². The van der Waals surface area contributed by atoms with Gasteiger partial charge in [0.25, 0.3) is 0 Å². The molecule has 0 amide bonds. The topological polar surface area (TPSA) is 150 Å². The average molecular weight is 582 g/mol. The van der Waals surface area contributed by atoms with Crippen molar-refractivity contribution in [1.82, 2.24) is 0 Å². The number of esters is 2. The molecule has 11 heteroatoms. The first kappa shape index (κ1) is 35.7. The van der Waals surface area contributed by atoms with Gasteiger partial charge in [-0.1, -0.05) is 65.9 Å². The number of ether oxygens (including phenoxy) is 6. The van der Waals surface area contributed by atoms with E-state index in [0.717, 1.165) is 32.1 Å². The molecule has 0 heterocycles. The Hall–Kier alpha value is -3.34. The Morgan fingerprint density at radius 1 is 0.805 bits per heavy atom. The van der Waals surface area contributed by atoms with Crippen LogP contribution < -0.4 is 15.2 Å². The van der Waals surface area contributed by atoms with Gasteiger partial charge in [-0.15, -0.1) is 0 Å². The smallest absolute Gasteiger partial charge is 0.461 e. The third-order valence-electron chi connectivity index (χ3n) is 6.09. The molecule has 0 fully saturated rings. The zero-order valence-corrected chi connectivity index (χ0v) is 25.1. The van der Waals surface area contributed by atoms with Crippen molar-refractivity contribution in [3.63, 3.8) is 0 Å². The predicted octanol–water partition coefficient (Wildman–Crippen LogP) is 5.88. The summed E-state index contributed by atoms with van der Waals surface area (Å²) in [4.78, 5) is 48.8. The summed E-state index contributed by atoms with van der Waals surface area (Å²) in [5.74, 6) is -0.977. The number of carbonyl (C=O) groups excluding carboxylic acids is 4. The molecule has 0 saturated carbocycles. The number of unbranched alkanes of at least 4 members (excludes halogenated alkanes) is 4. The Labute approximate surface area is 243 Å². The first-order chi connectivity index (χ1) is 19.6. The van der Waals surface area contributed by atoms with E-state index in [-0.39, 0.29) is 49.6 Å². The number of benzene rings is 1. The maximum atomic E-state index is 12.5. The van der Waals surface area contributed by atoms with Crippen molar-refractivity contribution in [2.75, 3.05) is 19.8 Å². The molecular weight excluding hydrogens is 534 g/mol. The predicted molar refractivity (Wildman–Crippen MR) is 152 cm³/mol. The Kier molecular flexibility index (Phi) is 17.9. The van der Waals surface area contributed by atoms with Gasteiger partial charge in [0.1, 0.15) is 18.8 Å². The second-order valence-corrected chi connectivity index (χ2v) is 10.1. The normalized spacial score (nSPS) is 12.9. The lowest BCUT2D eigenvalue weighted by atomic mass is 10.1. The van der Waals surface area contributed by atoms with E-state index in [9.17, 15) is 19.2 Å². The fourth-order valence-corrected chi connectivity index (χ4v) is 3.48. The van der Waals surface area contributed by atoms with Gasteiger partial charge in [0.05, 0.1) is 13.2 Å². The van der Waals surface area contributed by atoms with Crippen molar-refractivity contribution in [3.8, 4) is 11.5 Å². The molecule has 0 saturated heterocycles. The van der Waals surface area contributed by atoms with Gasteiger partial charge in [-0.25, -0.2) is 9.59 Å². The molecule has 0 aromatic heterocycles. The molecular formula is C30H47NO10. The maximum Gasteiger partial charge on any atom is 0.513 e. The van der Waals surface area contributed by atoms with Gasteiger partial charge < -0.3 is 34.2 Å². The largest absolute Gasteiger partial charge is 0.513 e. The fraction of sp³-hybridized carbons (Fsp3) is 0.667. The molecule has 0 aliphatic heterocycles. The van der Waals surface area contributed by atoms with E-state index in [1.54, 1.807) is 13.0 Å². The van der Waals surface area contributed by atoms with E-state index in [2.05, 4.69) is 0 Å². The van der Waals surface area contributed by atoms with Crippen molar-refractivity contribution in [3.05, 3.63) is 23.8 Å². The minimum atomic E-state index is -1.05. The molecule has 0 spiro atoms. The number of hydrogen-bond donors (Lipinski definition) is 1. The van der Waals surface area contributed by atoms with Crippen molar-refractivity contribution in [2.45, 2.75) is 105 Å². The van der Waals surface area contributed by atoms with Gasteiger partial charge in [0, 0.05) is 6.42 Å². The Balaban J connectivity index is 2.80. The molecule has 1 aromatic rings. The molecule has 0 radical (unpaired) electrons. The third-order valence-corrected chi connectivity index (χ3v) is 6.09. The highest BCUT2D eigenvalue weighted by Crippen LogP contribution is 2.30. The van der Waals surface area contributed by atoms with E-state index in [4.69, 9.17) is 34.2 Å². The van der Waals surface area contributed by atoms with E-state index < -0.39 is 30.4 Å². The lowest BCUT2D eigenvalue weighted by Crippen LogP contribution is -2.36. The Morgan fingerprint density at radius 2 is 1.39 bits per heavy atom. The van der Waals surface area contributed by atoms with E-state index in [1.165, 1.54) is 12.1 Å². The summed E-state index contributed by atoms with van der Waals surface area (Å²) in [5, 5.41) is 0. The molecule has 1 aromatic carbocycles. The number of hydrogen-bond acceptors (Lipinski definition) is 11. The van der Waals surface area contributed by atoms with Gasteiger partial charge in [-0.3, -0.25) is 9.59 Å². The third kappa shape index (κ3) is 15.9. The summed E-state index contributed by atoms with van der Waals surface area (Å²) in [7, 11) is 0. The van der Waals surface area contributed by atoms with Crippen molar-refractivity contribution < 1.29 is 47.6 Å². The SMILES string of the molecule is CCCCCOC(=O)Oc1ccc(C[C@H](N)C(=O)OC[C@H](C)OC(=O)CC(C)CC)cc1OC(=O)OCCCCC. The quantitative estimate of drug-likeness (QED) is 0.0903. The van der Waals surface area contributed by atoms with Crippen molar-refractivity contribution in [1.29, 1.82) is 0 Å². The van der Waals surface area contributed by atoms with Crippen LogP contribution in [0.1, 0.15) is 91.5 Å². The lowest BCUT2D eigenvalue weighted by Gasteiger charge is -2.17. The summed E-state index contributed by atoms with van der Waals surface area (Å²) in [6.07, 6.45) is 3.79. The van der Waals surface area contributed by atoms with Crippen molar-refractivity contribution >= 4 is 24.2 Å². The van der Waals surface area contributed by atoms with Gasteiger partial charge in [0.15, 0.2) is 11.5 Å². The first-order valence-corrected chi connectivity index (χ1v) is 14.5. The van der Waals surface area contributed by atoms with E-state index in [1.807, 2.05) is 27.7 Å². The molecule has 0 aliphatic rings. The molecule has 2 N–H and O–H groups in total. The second-order valence-electron chi connectivity index (χ2n) is 10.1. The summed E-state index contributed by atoms with van der Waals surface area (Å²) >= 11 is 0. The van der Waals surface area contributed by atoms with Gasteiger partial charge in [-0.05, 0) is 49.8 Å². The van der Waals surface area contributed by atoms with Crippen LogP contribution in [-0.4, -0.2) is 56.2 Å². The monoisotopic (exact) mass is 581 g/mol. The van der Waals surface area contributed by atoms with Crippen LogP contribution >= 0.6 is 0 Å². The number of carbonyl (C=O) groups is 4. The molecule has 11 nitrogen and oxygen atoms in total. The fourth-order valence-electron chi connectivity index (χ4n) is 3.48. The summed E-state index contributed by atoms with van der Waals surface area (Å²) in [6, 6.07) is 3.37. The Bertz CT molecular complexity index is 951. The Morgan fingerprint density at radius 3 is 1.95 bits per heavy atom. The molecule has 3 atom stereocenters. The zero-order valence-electron chi connectivity index (χ0n) is 25.1.